The molecule has 2 aromatic rings. The number of nitrogens with zero attached hydrogens (tertiary/aromatic N) is 2. The van der Waals surface area contributed by atoms with Crippen molar-refractivity contribution in [1.82, 2.24) is 20.6 Å². The highest BCUT2D eigenvalue weighted by Crippen LogP contribution is 2.48. The lowest BCUT2D eigenvalue weighted by molar-refractivity contribution is -0.130. The Balaban J connectivity index is 1.59. The number of aromatic nitrogens is 2. The van der Waals surface area contributed by atoms with Crippen molar-refractivity contribution in [2.24, 2.45) is 0 Å². The smallest absolute Gasteiger partial charge is 0.260 e. The number of hydrogen-bond acceptors (Lipinski definition) is 3. The summed E-state index contributed by atoms with van der Waals surface area (Å²) in [7, 11) is 0. The monoisotopic (exact) mass is 346 g/mol. The highest BCUT2D eigenvalue weighted by molar-refractivity contribution is 6.30. The quantitative estimate of drug-likeness (QED) is 0.832. The van der Waals surface area contributed by atoms with E-state index in [4.69, 9.17) is 11.6 Å². The van der Waals surface area contributed by atoms with Crippen LogP contribution in [0.4, 0.5) is 0 Å². The van der Waals surface area contributed by atoms with Gasteiger partial charge in [0.1, 0.15) is 6.54 Å². The summed E-state index contributed by atoms with van der Waals surface area (Å²) < 4.78 is 1.60. The maximum Gasteiger partial charge on any atom is 0.260 e. The van der Waals surface area contributed by atoms with Crippen LogP contribution in [0, 0.1) is 13.8 Å². The van der Waals surface area contributed by atoms with E-state index in [1.807, 2.05) is 32.0 Å². The van der Waals surface area contributed by atoms with E-state index in [1.165, 1.54) is 0 Å². The molecule has 7 heteroatoms. The van der Waals surface area contributed by atoms with Crippen LogP contribution in [0.3, 0.4) is 0 Å². The molecule has 1 aromatic heterocycles. The Kier molecular flexibility index (Phi) is 4.32. The summed E-state index contributed by atoms with van der Waals surface area (Å²) >= 11 is 6.01. The van der Waals surface area contributed by atoms with E-state index in [0.29, 0.717) is 5.02 Å². The molecule has 1 aromatic carbocycles. The summed E-state index contributed by atoms with van der Waals surface area (Å²) in [6.45, 7) is 3.80. The average Bonchev–Trinajstić information content (AvgIpc) is 3.28. The summed E-state index contributed by atoms with van der Waals surface area (Å²) in [5.41, 5.74) is 7.03. The number of amides is 2. The van der Waals surface area contributed by atoms with E-state index in [2.05, 4.69) is 16.0 Å². The zero-order chi connectivity index (χ0) is 17.3. The standard InChI is InChI=1S/C17H19ClN4O2/c1-11-8-12(2)22(21-11)10-15(23)19-20-16(24)17(6-7-17)13-4-3-5-14(18)9-13/h3-5,8-9H,6-7,10H2,1-2H3,(H,19,23)(H,20,24). The van der Waals surface area contributed by atoms with Crippen LogP contribution < -0.4 is 10.9 Å². The third-order valence-electron chi connectivity index (χ3n) is 4.27. The first kappa shape index (κ1) is 16.5. The molecule has 6 nitrogen and oxygen atoms in total. The van der Waals surface area contributed by atoms with Crippen molar-refractivity contribution >= 4 is 23.4 Å². The van der Waals surface area contributed by atoms with Gasteiger partial charge in [0, 0.05) is 10.7 Å². The van der Waals surface area contributed by atoms with Gasteiger partial charge in [0.05, 0.1) is 11.1 Å². The molecule has 0 atom stereocenters. The van der Waals surface area contributed by atoms with Crippen molar-refractivity contribution in [3.05, 3.63) is 52.3 Å². The van der Waals surface area contributed by atoms with Crippen LogP contribution in [0.15, 0.2) is 30.3 Å². The molecule has 1 saturated carbocycles. The van der Waals surface area contributed by atoms with Crippen molar-refractivity contribution in [3.8, 4) is 0 Å². The zero-order valence-corrected chi connectivity index (χ0v) is 14.4. The summed E-state index contributed by atoms with van der Waals surface area (Å²) in [5, 5.41) is 4.82. The summed E-state index contributed by atoms with van der Waals surface area (Å²) in [6, 6.07) is 9.17. The lowest BCUT2D eigenvalue weighted by Crippen LogP contribution is -2.47. The van der Waals surface area contributed by atoms with Gasteiger partial charge in [-0.3, -0.25) is 25.1 Å². The number of halogens is 1. The molecule has 0 saturated heterocycles. The van der Waals surface area contributed by atoms with Gasteiger partial charge in [-0.15, -0.1) is 0 Å². The molecule has 1 aliphatic rings. The van der Waals surface area contributed by atoms with Gasteiger partial charge in [0.25, 0.3) is 5.91 Å². The number of nitrogens with one attached hydrogen (secondary N) is 2. The number of aryl methyl sites for hydroxylation is 2. The third-order valence-corrected chi connectivity index (χ3v) is 4.51. The molecule has 0 bridgehead atoms. The second-order valence-electron chi connectivity index (χ2n) is 6.18. The Morgan fingerprint density at radius 3 is 2.58 bits per heavy atom. The minimum absolute atomic E-state index is 0.0596. The van der Waals surface area contributed by atoms with Crippen molar-refractivity contribution in [2.75, 3.05) is 0 Å². The first-order chi connectivity index (χ1) is 11.4. The zero-order valence-electron chi connectivity index (χ0n) is 13.6. The van der Waals surface area contributed by atoms with Gasteiger partial charge in [-0.1, -0.05) is 23.7 Å². The number of hydrogen-bond donors (Lipinski definition) is 2. The lowest BCUT2D eigenvalue weighted by atomic mass is 9.95. The van der Waals surface area contributed by atoms with Crippen LogP contribution in [0.1, 0.15) is 29.8 Å². The van der Waals surface area contributed by atoms with Gasteiger partial charge >= 0.3 is 0 Å². The van der Waals surface area contributed by atoms with E-state index in [0.717, 1.165) is 29.8 Å². The molecule has 0 spiro atoms. The highest BCUT2D eigenvalue weighted by atomic mass is 35.5. The summed E-state index contributed by atoms with van der Waals surface area (Å²) in [6.07, 6.45) is 1.49. The summed E-state index contributed by atoms with van der Waals surface area (Å²) in [4.78, 5) is 24.5. The first-order valence-corrected chi connectivity index (χ1v) is 8.15. The molecule has 0 radical (unpaired) electrons. The molecule has 3 rings (SSSR count). The van der Waals surface area contributed by atoms with Crippen LogP contribution in [-0.4, -0.2) is 21.6 Å². The van der Waals surface area contributed by atoms with Gasteiger partial charge in [0.2, 0.25) is 5.91 Å². The minimum atomic E-state index is -0.587. The van der Waals surface area contributed by atoms with Gasteiger partial charge in [-0.2, -0.15) is 5.10 Å². The fourth-order valence-corrected chi connectivity index (χ4v) is 3.00. The molecule has 0 unspecified atom stereocenters. The van der Waals surface area contributed by atoms with Gasteiger partial charge in [-0.05, 0) is 50.5 Å². The highest BCUT2D eigenvalue weighted by Gasteiger charge is 2.51. The van der Waals surface area contributed by atoms with Crippen LogP contribution in [0.25, 0.3) is 0 Å². The number of rotatable bonds is 4. The van der Waals surface area contributed by atoms with Crippen molar-refractivity contribution in [1.29, 1.82) is 0 Å². The fraction of sp³-hybridized carbons (Fsp3) is 0.353. The Labute approximate surface area is 145 Å². The molecular formula is C17H19ClN4O2. The lowest BCUT2D eigenvalue weighted by Gasteiger charge is -2.16. The Bertz CT molecular complexity index is 796. The van der Waals surface area contributed by atoms with Crippen LogP contribution >= 0.6 is 11.6 Å². The van der Waals surface area contributed by atoms with Crippen LogP contribution in [0.2, 0.25) is 5.02 Å². The average molecular weight is 347 g/mol. The van der Waals surface area contributed by atoms with Gasteiger partial charge in [0.15, 0.2) is 0 Å². The van der Waals surface area contributed by atoms with E-state index in [-0.39, 0.29) is 18.4 Å². The molecule has 2 amide bonds. The van der Waals surface area contributed by atoms with E-state index < -0.39 is 5.41 Å². The van der Waals surface area contributed by atoms with Gasteiger partial charge in [-0.25, -0.2) is 0 Å². The number of benzene rings is 1. The molecule has 0 aliphatic heterocycles. The SMILES string of the molecule is Cc1cc(C)n(CC(=O)NNC(=O)C2(c3cccc(Cl)c3)CC2)n1. The number of carbonyl (C=O) groups excluding carboxylic acids is 2. The maximum absolute atomic E-state index is 12.5. The van der Waals surface area contributed by atoms with Crippen molar-refractivity contribution < 1.29 is 9.59 Å². The van der Waals surface area contributed by atoms with Crippen LogP contribution in [0.5, 0.6) is 0 Å². The van der Waals surface area contributed by atoms with Crippen molar-refractivity contribution in [2.45, 2.75) is 38.6 Å². The van der Waals surface area contributed by atoms with Gasteiger partial charge < -0.3 is 0 Å². The van der Waals surface area contributed by atoms with E-state index in [9.17, 15) is 9.59 Å². The molecule has 24 heavy (non-hydrogen) atoms. The second kappa shape index (κ2) is 6.28. The third kappa shape index (κ3) is 3.28. The second-order valence-corrected chi connectivity index (χ2v) is 6.62. The normalized spacial score (nSPS) is 15.0. The molecule has 1 aliphatic carbocycles. The maximum atomic E-state index is 12.5. The van der Waals surface area contributed by atoms with Crippen LogP contribution in [-0.2, 0) is 21.5 Å². The molecule has 1 heterocycles. The molecule has 1 fully saturated rings. The molecular weight excluding hydrogens is 328 g/mol. The van der Waals surface area contributed by atoms with E-state index in [1.54, 1.807) is 16.8 Å². The van der Waals surface area contributed by atoms with E-state index >= 15 is 0 Å². The molecule has 2 N–H and O–H groups in total. The largest absolute Gasteiger partial charge is 0.272 e. The minimum Gasteiger partial charge on any atom is -0.272 e. The van der Waals surface area contributed by atoms with Crippen molar-refractivity contribution in [3.63, 3.8) is 0 Å². The Morgan fingerprint density at radius 1 is 1.25 bits per heavy atom. The molecule has 126 valence electrons. The number of carbonyl (C=O) groups is 2. The summed E-state index contributed by atoms with van der Waals surface area (Å²) in [5.74, 6) is -0.539. The Hall–Kier alpha value is -2.34. The first-order valence-electron chi connectivity index (χ1n) is 7.77. The topological polar surface area (TPSA) is 76.0 Å². The predicted molar refractivity (Wildman–Crippen MR) is 90.4 cm³/mol. The predicted octanol–water partition coefficient (Wildman–Crippen LogP) is 2.03. The fourth-order valence-electron chi connectivity index (χ4n) is 2.81. The number of hydrazine groups is 1. The Morgan fingerprint density at radius 2 is 2.00 bits per heavy atom.